The SMILES string of the molecule is CN(C(=O)C1CC12CCNCC2)C1CCC1. The second-order valence-electron chi connectivity index (χ2n) is 5.90. The Morgan fingerprint density at radius 2 is 2.00 bits per heavy atom. The van der Waals surface area contributed by atoms with Gasteiger partial charge in [0.15, 0.2) is 0 Å². The molecule has 2 saturated carbocycles. The number of carbonyl (C=O) groups is 1. The molecule has 3 fully saturated rings. The summed E-state index contributed by atoms with van der Waals surface area (Å²) in [6.07, 6.45) is 7.34. The molecule has 0 bridgehead atoms. The smallest absolute Gasteiger partial charge is 0.226 e. The van der Waals surface area contributed by atoms with Crippen molar-refractivity contribution in [2.24, 2.45) is 11.3 Å². The molecule has 16 heavy (non-hydrogen) atoms. The maximum atomic E-state index is 12.3. The Labute approximate surface area is 97.6 Å². The van der Waals surface area contributed by atoms with Crippen molar-refractivity contribution in [1.82, 2.24) is 10.2 Å². The molecule has 2 aliphatic carbocycles. The van der Waals surface area contributed by atoms with Gasteiger partial charge < -0.3 is 10.2 Å². The van der Waals surface area contributed by atoms with E-state index >= 15 is 0 Å². The average Bonchev–Trinajstić information content (AvgIpc) is 2.89. The second kappa shape index (κ2) is 3.73. The van der Waals surface area contributed by atoms with E-state index in [1.807, 2.05) is 11.9 Å². The van der Waals surface area contributed by atoms with Crippen LogP contribution in [0.1, 0.15) is 38.5 Å². The maximum Gasteiger partial charge on any atom is 0.226 e. The first-order valence-electron chi connectivity index (χ1n) is 6.70. The highest BCUT2D eigenvalue weighted by Crippen LogP contribution is 2.59. The molecular formula is C13H22N2O. The average molecular weight is 222 g/mol. The van der Waals surface area contributed by atoms with Gasteiger partial charge >= 0.3 is 0 Å². The Bertz CT molecular complexity index is 292. The van der Waals surface area contributed by atoms with Crippen molar-refractivity contribution in [3.63, 3.8) is 0 Å². The molecule has 1 N–H and O–H groups in total. The minimum absolute atomic E-state index is 0.361. The summed E-state index contributed by atoms with van der Waals surface area (Å²) >= 11 is 0. The van der Waals surface area contributed by atoms with E-state index in [0.717, 1.165) is 19.5 Å². The van der Waals surface area contributed by atoms with Gasteiger partial charge in [-0.2, -0.15) is 0 Å². The number of nitrogens with zero attached hydrogens (tertiary/aromatic N) is 1. The van der Waals surface area contributed by atoms with E-state index in [1.54, 1.807) is 0 Å². The number of piperidine rings is 1. The summed E-state index contributed by atoms with van der Waals surface area (Å²) < 4.78 is 0. The van der Waals surface area contributed by atoms with Crippen LogP contribution in [0.4, 0.5) is 0 Å². The summed E-state index contributed by atoms with van der Waals surface area (Å²) in [5.74, 6) is 0.798. The Morgan fingerprint density at radius 1 is 1.31 bits per heavy atom. The lowest BCUT2D eigenvalue weighted by Gasteiger charge is -2.35. The van der Waals surface area contributed by atoms with Gasteiger partial charge in [-0.25, -0.2) is 0 Å². The summed E-state index contributed by atoms with van der Waals surface area (Å²) in [7, 11) is 2.01. The summed E-state index contributed by atoms with van der Waals surface area (Å²) in [4.78, 5) is 14.4. The lowest BCUT2D eigenvalue weighted by Crippen LogP contribution is -2.43. The van der Waals surface area contributed by atoms with Crippen LogP contribution in [0.5, 0.6) is 0 Å². The molecule has 1 atom stereocenters. The number of hydrogen-bond donors (Lipinski definition) is 1. The van der Waals surface area contributed by atoms with Crippen LogP contribution in [-0.2, 0) is 4.79 Å². The fourth-order valence-electron chi connectivity index (χ4n) is 3.37. The molecule has 3 rings (SSSR count). The zero-order valence-electron chi connectivity index (χ0n) is 10.2. The number of hydrogen-bond acceptors (Lipinski definition) is 2. The molecule has 1 amide bonds. The van der Waals surface area contributed by atoms with Crippen LogP contribution in [0.15, 0.2) is 0 Å². The van der Waals surface area contributed by atoms with Crippen molar-refractivity contribution in [2.75, 3.05) is 20.1 Å². The van der Waals surface area contributed by atoms with E-state index in [9.17, 15) is 4.79 Å². The zero-order valence-corrected chi connectivity index (χ0v) is 10.2. The largest absolute Gasteiger partial charge is 0.343 e. The monoisotopic (exact) mass is 222 g/mol. The summed E-state index contributed by atoms with van der Waals surface area (Å²) in [5, 5.41) is 3.39. The third-order valence-corrected chi connectivity index (χ3v) is 5.06. The van der Waals surface area contributed by atoms with Gasteiger partial charge in [-0.3, -0.25) is 4.79 Å². The van der Waals surface area contributed by atoms with Gasteiger partial charge in [0.25, 0.3) is 0 Å². The number of amides is 1. The molecule has 1 heterocycles. The molecule has 3 aliphatic rings. The van der Waals surface area contributed by atoms with Gasteiger partial charge in [-0.15, -0.1) is 0 Å². The van der Waals surface area contributed by atoms with Gasteiger partial charge in [0.2, 0.25) is 5.91 Å². The first-order valence-corrected chi connectivity index (χ1v) is 6.70. The van der Waals surface area contributed by atoms with E-state index in [1.165, 1.54) is 32.1 Å². The van der Waals surface area contributed by atoms with E-state index < -0.39 is 0 Å². The highest BCUT2D eigenvalue weighted by Gasteiger charge is 2.58. The molecule has 0 aromatic heterocycles. The summed E-state index contributed by atoms with van der Waals surface area (Å²) in [6, 6.07) is 0.562. The third-order valence-electron chi connectivity index (χ3n) is 5.06. The Kier molecular flexibility index (Phi) is 2.46. The minimum Gasteiger partial charge on any atom is -0.343 e. The van der Waals surface area contributed by atoms with Crippen LogP contribution in [0.2, 0.25) is 0 Å². The standard InChI is InChI=1S/C13H22N2O/c1-15(10-3-2-4-10)12(16)11-9-13(11)5-7-14-8-6-13/h10-11,14H,2-9H2,1H3. The number of rotatable bonds is 2. The first kappa shape index (κ1) is 10.6. The van der Waals surface area contributed by atoms with Crippen molar-refractivity contribution < 1.29 is 4.79 Å². The predicted molar refractivity (Wildman–Crippen MR) is 63.1 cm³/mol. The highest BCUT2D eigenvalue weighted by atomic mass is 16.2. The van der Waals surface area contributed by atoms with Crippen LogP contribution in [-0.4, -0.2) is 37.0 Å². The molecule has 1 saturated heterocycles. The Hall–Kier alpha value is -0.570. The fourth-order valence-corrected chi connectivity index (χ4v) is 3.37. The molecule has 1 unspecified atom stereocenters. The highest BCUT2D eigenvalue weighted by molar-refractivity contribution is 5.83. The summed E-state index contributed by atoms with van der Waals surface area (Å²) in [6.45, 7) is 2.22. The van der Waals surface area contributed by atoms with Crippen LogP contribution in [0.25, 0.3) is 0 Å². The van der Waals surface area contributed by atoms with Crippen LogP contribution in [0.3, 0.4) is 0 Å². The second-order valence-corrected chi connectivity index (χ2v) is 5.90. The van der Waals surface area contributed by atoms with Gasteiger partial charge in [0.05, 0.1) is 0 Å². The fraction of sp³-hybridized carbons (Fsp3) is 0.923. The molecule has 3 nitrogen and oxygen atoms in total. The van der Waals surface area contributed by atoms with Crippen molar-refractivity contribution in [3.8, 4) is 0 Å². The molecule has 0 radical (unpaired) electrons. The van der Waals surface area contributed by atoms with E-state index in [2.05, 4.69) is 5.32 Å². The Morgan fingerprint density at radius 3 is 2.56 bits per heavy atom. The normalized spacial score (nSPS) is 32.2. The predicted octanol–water partition coefficient (Wildman–Crippen LogP) is 1.39. The molecule has 0 aromatic carbocycles. The van der Waals surface area contributed by atoms with E-state index in [-0.39, 0.29) is 0 Å². The lowest BCUT2D eigenvalue weighted by molar-refractivity contribution is -0.135. The Balaban J connectivity index is 1.60. The first-order chi connectivity index (χ1) is 7.73. The zero-order chi connectivity index (χ0) is 11.2. The minimum atomic E-state index is 0.361. The van der Waals surface area contributed by atoms with Crippen LogP contribution in [0, 0.1) is 11.3 Å². The van der Waals surface area contributed by atoms with Crippen LogP contribution >= 0.6 is 0 Å². The van der Waals surface area contributed by atoms with E-state index in [0.29, 0.717) is 23.3 Å². The molecular weight excluding hydrogens is 200 g/mol. The summed E-state index contributed by atoms with van der Waals surface area (Å²) in [5.41, 5.74) is 0.403. The molecule has 90 valence electrons. The number of nitrogens with one attached hydrogen (secondary N) is 1. The lowest BCUT2D eigenvalue weighted by atomic mass is 9.89. The van der Waals surface area contributed by atoms with Crippen molar-refractivity contribution in [1.29, 1.82) is 0 Å². The van der Waals surface area contributed by atoms with Gasteiger partial charge in [-0.05, 0) is 57.0 Å². The third kappa shape index (κ3) is 1.56. The molecule has 1 spiro atoms. The molecule has 1 aliphatic heterocycles. The van der Waals surface area contributed by atoms with Crippen molar-refractivity contribution >= 4 is 5.91 Å². The quantitative estimate of drug-likeness (QED) is 0.765. The van der Waals surface area contributed by atoms with E-state index in [4.69, 9.17) is 0 Å². The van der Waals surface area contributed by atoms with Crippen molar-refractivity contribution in [2.45, 2.75) is 44.6 Å². The van der Waals surface area contributed by atoms with Gasteiger partial charge in [-0.1, -0.05) is 0 Å². The van der Waals surface area contributed by atoms with Crippen LogP contribution < -0.4 is 5.32 Å². The molecule has 3 heteroatoms. The number of carbonyl (C=O) groups excluding carboxylic acids is 1. The van der Waals surface area contributed by atoms with Crippen molar-refractivity contribution in [3.05, 3.63) is 0 Å². The van der Waals surface area contributed by atoms with Gasteiger partial charge in [0.1, 0.15) is 0 Å². The maximum absolute atomic E-state index is 12.3. The topological polar surface area (TPSA) is 32.3 Å². The van der Waals surface area contributed by atoms with Gasteiger partial charge in [0, 0.05) is 19.0 Å². The molecule has 0 aromatic rings.